The lowest BCUT2D eigenvalue weighted by Crippen LogP contribution is -2.17. The molecule has 0 aliphatic heterocycles. The number of aromatic nitrogens is 4. The lowest BCUT2D eigenvalue weighted by Gasteiger charge is -2.27. The number of rotatable bonds is 4. The topological polar surface area (TPSA) is 67.3 Å². The summed E-state index contributed by atoms with van der Waals surface area (Å²) in [6.45, 7) is 0. The van der Waals surface area contributed by atoms with E-state index in [-0.39, 0.29) is 39.0 Å². The zero-order valence-corrected chi connectivity index (χ0v) is 36.3. The second-order valence-corrected chi connectivity index (χ2v) is 17.3. The molecule has 4 heterocycles. The standard InChI is InChI=1S/C58H30F6N6/c59-57(60,61)33-25-27-51-41(29-33)39-17-5-11-23-49(39)68(51)54-43(31-65)53(67-45-19-7-1-13-35(45)36-14-2-8-20-46(36)67)44(32-66)55(56(54)70-47-21-9-3-15-37(47)38-16-4-10-22-48(38)70)69-50-24-12-6-18-40(50)42-30-34(58(62,63)64)26-28-52(42)69/h1-30H. The summed E-state index contributed by atoms with van der Waals surface area (Å²) in [6, 6.07) is 56.9. The van der Waals surface area contributed by atoms with Crippen LogP contribution in [0, 0.1) is 22.7 Å². The highest BCUT2D eigenvalue weighted by Crippen LogP contribution is 2.49. The van der Waals surface area contributed by atoms with Crippen molar-refractivity contribution in [1.29, 1.82) is 10.5 Å². The van der Waals surface area contributed by atoms with Crippen molar-refractivity contribution in [3.8, 4) is 34.9 Å². The molecule has 4 aromatic heterocycles. The number of alkyl halides is 6. The highest BCUT2D eigenvalue weighted by Gasteiger charge is 2.37. The zero-order valence-electron chi connectivity index (χ0n) is 36.3. The number of fused-ring (bicyclic) bond motifs is 12. The molecular weight excluding hydrogens is 895 g/mol. The Morgan fingerprint density at radius 3 is 0.814 bits per heavy atom. The summed E-state index contributed by atoms with van der Waals surface area (Å²) in [7, 11) is 0. The van der Waals surface area contributed by atoms with E-state index >= 15 is 0 Å². The van der Waals surface area contributed by atoms with E-state index in [4.69, 9.17) is 0 Å². The first kappa shape index (κ1) is 41.0. The summed E-state index contributed by atoms with van der Waals surface area (Å²) in [5.41, 5.74) is 3.52. The highest BCUT2D eigenvalue weighted by molar-refractivity contribution is 6.16. The van der Waals surface area contributed by atoms with E-state index in [0.29, 0.717) is 60.6 Å². The van der Waals surface area contributed by atoms with Gasteiger partial charge in [0.2, 0.25) is 0 Å². The summed E-state index contributed by atoms with van der Waals surface area (Å²) in [4.78, 5) is 0. The van der Waals surface area contributed by atoms with Gasteiger partial charge in [0.25, 0.3) is 0 Å². The Morgan fingerprint density at radius 1 is 0.286 bits per heavy atom. The SMILES string of the molecule is N#Cc1c(-n2c3ccccc3c3ccccc32)c(C#N)c(-n2c3ccccc3c3cc(C(F)(F)F)ccc32)c(-n2c3ccccc3c3ccccc32)c1-n1c2ccccc2c2cc(C(F)(F)F)ccc21. The molecule has 0 fully saturated rings. The van der Waals surface area contributed by atoms with Crippen LogP contribution in [0.15, 0.2) is 182 Å². The Balaban J connectivity index is 1.37. The predicted molar refractivity (Wildman–Crippen MR) is 263 cm³/mol. The van der Waals surface area contributed by atoms with E-state index in [1.807, 2.05) is 106 Å². The number of halogens is 6. The molecule has 0 aliphatic carbocycles. The lowest BCUT2D eigenvalue weighted by molar-refractivity contribution is -0.138. The van der Waals surface area contributed by atoms with Crippen LogP contribution in [0.25, 0.3) is 110 Å². The number of nitriles is 2. The Labute approximate surface area is 392 Å². The summed E-state index contributed by atoms with van der Waals surface area (Å²) in [5, 5.41) is 29.0. The van der Waals surface area contributed by atoms with Gasteiger partial charge in [-0.2, -0.15) is 36.9 Å². The van der Waals surface area contributed by atoms with Crippen molar-refractivity contribution in [2.75, 3.05) is 0 Å². The molecule has 0 saturated heterocycles. The number of nitrogens with zero attached hydrogens (tertiary/aromatic N) is 6. The van der Waals surface area contributed by atoms with Gasteiger partial charge in [-0.15, -0.1) is 0 Å². The van der Waals surface area contributed by atoms with Gasteiger partial charge < -0.3 is 18.3 Å². The van der Waals surface area contributed by atoms with Gasteiger partial charge in [-0.3, -0.25) is 0 Å². The minimum absolute atomic E-state index is 0.0198. The van der Waals surface area contributed by atoms with Crippen LogP contribution < -0.4 is 0 Å². The quantitative estimate of drug-likeness (QED) is 0.165. The molecule has 0 aliphatic rings. The fourth-order valence-corrected chi connectivity index (χ4v) is 10.9. The maximum atomic E-state index is 14.7. The molecule has 0 atom stereocenters. The average molecular weight is 925 g/mol. The fourth-order valence-electron chi connectivity index (χ4n) is 10.9. The van der Waals surface area contributed by atoms with Crippen molar-refractivity contribution in [2.24, 2.45) is 0 Å². The maximum absolute atomic E-state index is 14.7. The molecule has 0 saturated carbocycles. The number of benzene rings is 9. The summed E-state index contributed by atoms with van der Waals surface area (Å²) >= 11 is 0. The Kier molecular flexibility index (Phi) is 8.56. The summed E-state index contributed by atoms with van der Waals surface area (Å²) in [6.07, 6.45) is -9.37. The van der Waals surface area contributed by atoms with Crippen molar-refractivity contribution in [3.63, 3.8) is 0 Å². The van der Waals surface area contributed by atoms with Gasteiger partial charge in [0.15, 0.2) is 0 Å². The summed E-state index contributed by atoms with van der Waals surface area (Å²) in [5.74, 6) is 0. The Hall–Kier alpha value is -9.26. The van der Waals surface area contributed by atoms with Crippen LogP contribution in [-0.2, 0) is 12.4 Å². The first-order chi connectivity index (χ1) is 34.0. The predicted octanol–water partition coefficient (Wildman–Crippen LogP) is 15.9. The van der Waals surface area contributed by atoms with E-state index in [9.17, 15) is 36.9 Å². The van der Waals surface area contributed by atoms with Gasteiger partial charge in [-0.1, -0.05) is 109 Å². The monoisotopic (exact) mass is 924 g/mol. The van der Waals surface area contributed by atoms with Crippen LogP contribution in [0.2, 0.25) is 0 Å². The van der Waals surface area contributed by atoms with Gasteiger partial charge in [-0.25, -0.2) is 0 Å². The van der Waals surface area contributed by atoms with Gasteiger partial charge in [0.1, 0.15) is 23.3 Å². The maximum Gasteiger partial charge on any atom is 0.416 e. The van der Waals surface area contributed by atoms with Crippen molar-refractivity contribution >= 4 is 87.2 Å². The molecule has 70 heavy (non-hydrogen) atoms. The van der Waals surface area contributed by atoms with Gasteiger partial charge in [0, 0.05) is 43.1 Å². The van der Waals surface area contributed by atoms with Gasteiger partial charge >= 0.3 is 12.4 Å². The Morgan fingerprint density at radius 2 is 0.529 bits per heavy atom. The third-order valence-electron chi connectivity index (χ3n) is 13.7. The largest absolute Gasteiger partial charge is 0.416 e. The van der Waals surface area contributed by atoms with Crippen molar-refractivity contribution < 1.29 is 26.3 Å². The molecule has 13 rings (SSSR count). The van der Waals surface area contributed by atoms with E-state index in [0.717, 1.165) is 45.8 Å². The average Bonchev–Trinajstić information content (AvgIpc) is 4.09. The zero-order chi connectivity index (χ0) is 47.8. The summed E-state index contributed by atoms with van der Waals surface area (Å²) < 4.78 is 95.5. The minimum atomic E-state index is -4.68. The fraction of sp³-hybridized carbons (Fsp3) is 0.0345. The van der Waals surface area contributed by atoms with Crippen LogP contribution in [-0.4, -0.2) is 18.3 Å². The van der Waals surface area contributed by atoms with Crippen LogP contribution in [0.3, 0.4) is 0 Å². The van der Waals surface area contributed by atoms with E-state index < -0.39 is 23.5 Å². The minimum Gasteiger partial charge on any atom is -0.306 e. The number of hydrogen-bond acceptors (Lipinski definition) is 2. The first-order valence-electron chi connectivity index (χ1n) is 22.2. The van der Waals surface area contributed by atoms with E-state index in [2.05, 4.69) is 12.1 Å². The number of para-hydroxylation sites is 6. The van der Waals surface area contributed by atoms with Crippen molar-refractivity contribution in [1.82, 2.24) is 18.3 Å². The third-order valence-corrected chi connectivity index (χ3v) is 13.7. The molecule has 0 amide bonds. The molecule has 6 nitrogen and oxygen atoms in total. The van der Waals surface area contributed by atoms with Gasteiger partial charge in [-0.05, 0) is 72.8 Å². The second-order valence-electron chi connectivity index (χ2n) is 17.3. The first-order valence-corrected chi connectivity index (χ1v) is 22.2. The van der Waals surface area contributed by atoms with Crippen LogP contribution in [0.1, 0.15) is 22.3 Å². The smallest absolute Gasteiger partial charge is 0.306 e. The third kappa shape index (κ3) is 5.62. The van der Waals surface area contributed by atoms with Crippen LogP contribution in [0.4, 0.5) is 26.3 Å². The Bertz CT molecular complexity index is 4210. The molecule has 9 aromatic carbocycles. The molecular formula is C58H30F6N6. The number of hydrogen-bond donors (Lipinski definition) is 0. The molecule has 334 valence electrons. The van der Waals surface area contributed by atoms with Gasteiger partial charge in [0.05, 0.1) is 78.0 Å². The lowest BCUT2D eigenvalue weighted by atomic mass is 9.98. The van der Waals surface area contributed by atoms with E-state index in [1.54, 1.807) is 57.7 Å². The molecule has 0 bridgehead atoms. The molecule has 0 unspecified atom stereocenters. The van der Waals surface area contributed by atoms with Crippen molar-refractivity contribution in [2.45, 2.75) is 12.4 Å². The molecule has 0 N–H and O–H groups in total. The van der Waals surface area contributed by atoms with E-state index in [1.165, 1.54) is 12.1 Å². The van der Waals surface area contributed by atoms with Crippen LogP contribution >= 0.6 is 0 Å². The molecule has 0 spiro atoms. The molecule has 12 heteroatoms. The molecule has 13 aromatic rings. The highest BCUT2D eigenvalue weighted by atomic mass is 19.4. The molecule has 0 radical (unpaired) electrons. The normalized spacial score (nSPS) is 12.4. The van der Waals surface area contributed by atoms with Crippen molar-refractivity contribution in [3.05, 3.63) is 204 Å². The van der Waals surface area contributed by atoms with Crippen LogP contribution in [0.5, 0.6) is 0 Å². The second kappa shape index (κ2) is 14.6.